The maximum atomic E-state index is 11.2. The summed E-state index contributed by atoms with van der Waals surface area (Å²) in [6.45, 7) is 0.527. The van der Waals surface area contributed by atoms with Gasteiger partial charge in [0.2, 0.25) is 0 Å². The number of allylic oxidation sites excluding steroid dienone is 2. The van der Waals surface area contributed by atoms with Crippen LogP contribution >= 0.6 is 12.4 Å². The SMILES string of the molecule is Cl.O=C(O)C1CN/C2=c3\ccccc3=CC=CCC2C1. The molecule has 0 radical (unpaired) electrons. The molecule has 4 heteroatoms. The monoisotopic (exact) mass is 291 g/mol. The summed E-state index contributed by atoms with van der Waals surface area (Å²) in [5.41, 5.74) is 1.20. The number of hydrogen-bond donors (Lipinski definition) is 2. The van der Waals surface area contributed by atoms with Crippen molar-refractivity contribution in [2.45, 2.75) is 12.8 Å². The number of piperidine rings is 1. The number of halogens is 1. The first kappa shape index (κ1) is 14.7. The van der Waals surface area contributed by atoms with E-state index >= 15 is 0 Å². The first-order chi connectivity index (χ1) is 9.25. The average Bonchev–Trinajstić information content (AvgIpc) is 2.41. The maximum Gasteiger partial charge on any atom is 0.308 e. The van der Waals surface area contributed by atoms with Crippen LogP contribution in [0, 0.1) is 11.8 Å². The first-order valence-corrected chi connectivity index (χ1v) is 6.68. The number of fused-ring (bicyclic) bond motifs is 2. The lowest BCUT2D eigenvalue weighted by Gasteiger charge is -2.31. The highest BCUT2D eigenvalue weighted by Gasteiger charge is 2.29. The Morgan fingerprint density at radius 2 is 2.10 bits per heavy atom. The number of rotatable bonds is 1. The van der Waals surface area contributed by atoms with Crippen molar-refractivity contribution < 1.29 is 9.90 Å². The molecule has 20 heavy (non-hydrogen) atoms. The fourth-order valence-corrected chi connectivity index (χ4v) is 2.94. The molecule has 1 aliphatic carbocycles. The summed E-state index contributed by atoms with van der Waals surface area (Å²) < 4.78 is 0. The second-order valence-electron chi connectivity index (χ2n) is 5.18. The van der Waals surface area contributed by atoms with E-state index in [-0.39, 0.29) is 24.2 Å². The highest BCUT2D eigenvalue weighted by Crippen LogP contribution is 2.27. The molecular formula is C16H18ClNO2. The van der Waals surface area contributed by atoms with Gasteiger partial charge in [0.25, 0.3) is 0 Å². The van der Waals surface area contributed by atoms with Crippen LogP contribution in [0.2, 0.25) is 0 Å². The van der Waals surface area contributed by atoms with Crippen molar-refractivity contribution in [1.82, 2.24) is 5.32 Å². The van der Waals surface area contributed by atoms with Crippen molar-refractivity contribution in [3.8, 4) is 0 Å². The average molecular weight is 292 g/mol. The minimum Gasteiger partial charge on any atom is -0.481 e. The number of hydrogen-bond acceptors (Lipinski definition) is 2. The molecule has 2 unspecified atom stereocenters. The van der Waals surface area contributed by atoms with E-state index in [0.29, 0.717) is 6.54 Å². The van der Waals surface area contributed by atoms with Gasteiger partial charge in [-0.05, 0) is 18.1 Å². The standard InChI is InChI=1S/C16H17NO2.ClH/c18-16(19)13-9-12-7-2-1-5-11-6-3-4-8-14(11)15(12)17-10-13;/h1-6,8,12-13,17H,7,9-10H2,(H,18,19);1H/b2-1?,11-5?,15-14+;. The Bertz CT molecular complexity index is 651. The molecule has 0 bridgehead atoms. The third-order valence-electron chi connectivity index (χ3n) is 3.95. The van der Waals surface area contributed by atoms with E-state index in [4.69, 9.17) is 0 Å². The van der Waals surface area contributed by atoms with Gasteiger partial charge in [-0.1, -0.05) is 42.5 Å². The van der Waals surface area contributed by atoms with Gasteiger partial charge in [-0.25, -0.2) is 0 Å². The van der Waals surface area contributed by atoms with Gasteiger partial charge in [0, 0.05) is 23.4 Å². The van der Waals surface area contributed by atoms with Crippen LogP contribution in [0.1, 0.15) is 12.8 Å². The van der Waals surface area contributed by atoms with Gasteiger partial charge in [0.05, 0.1) is 5.92 Å². The highest BCUT2D eigenvalue weighted by atomic mass is 35.5. The predicted octanol–water partition coefficient (Wildman–Crippen LogP) is 1.27. The molecular weight excluding hydrogens is 274 g/mol. The molecule has 0 spiro atoms. The minimum atomic E-state index is -0.697. The van der Waals surface area contributed by atoms with Gasteiger partial charge in [-0.2, -0.15) is 0 Å². The summed E-state index contributed by atoms with van der Waals surface area (Å²) in [6.07, 6.45) is 7.93. The number of carbonyl (C=O) groups is 1. The van der Waals surface area contributed by atoms with Gasteiger partial charge < -0.3 is 10.4 Å². The normalized spacial score (nSPS) is 26.6. The van der Waals surface area contributed by atoms with E-state index in [1.807, 2.05) is 12.1 Å². The van der Waals surface area contributed by atoms with Crippen molar-refractivity contribution in [3.63, 3.8) is 0 Å². The topological polar surface area (TPSA) is 49.3 Å². The summed E-state index contributed by atoms with van der Waals surface area (Å²) in [5.74, 6) is -0.698. The fourth-order valence-electron chi connectivity index (χ4n) is 2.94. The number of carboxylic acid groups (broad SMARTS) is 1. The lowest BCUT2D eigenvalue weighted by atomic mass is 9.84. The van der Waals surface area contributed by atoms with Crippen LogP contribution in [-0.4, -0.2) is 17.6 Å². The van der Waals surface area contributed by atoms with Crippen LogP contribution in [0.3, 0.4) is 0 Å². The van der Waals surface area contributed by atoms with Gasteiger partial charge in [-0.15, -0.1) is 12.4 Å². The van der Waals surface area contributed by atoms with Gasteiger partial charge in [0.15, 0.2) is 0 Å². The lowest BCUT2D eigenvalue weighted by molar-refractivity contribution is -0.142. The van der Waals surface area contributed by atoms with E-state index < -0.39 is 5.97 Å². The van der Waals surface area contributed by atoms with Gasteiger partial charge in [0.1, 0.15) is 0 Å². The Hall–Kier alpha value is -1.74. The van der Waals surface area contributed by atoms with Crippen LogP contribution in [0.4, 0.5) is 0 Å². The van der Waals surface area contributed by atoms with Crippen LogP contribution in [0.5, 0.6) is 0 Å². The van der Waals surface area contributed by atoms with Crippen molar-refractivity contribution in [2.75, 3.05) is 6.54 Å². The molecule has 1 saturated heterocycles. The molecule has 3 rings (SSSR count). The van der Waals surface area contributed by atoms with Crippen LogP contribution in [-0.2, 0) is 4.79 Å². The molecule has 3 nitrogen and oxygen atoms in total. The zero-order valence-electron chi connectivity index (χ0n) is 11.1. The predicted molar refractivity (Wildman–Crippen MR) is 81.8 cm³/mol. The summed E-state index contributed by atoms with van der Waals surface area (Å²) in [4.78, 5) is 11.2. The molecule has 1 fully saturated rings. The molecule has 1 aromatic carbocycles. The number of benzene rings is 1. The molecule has 2 N–H and O–H groups in total. The third kappa shape index (κ3) is 2.73. The number of carboxylic acids is 1. The van der Waals surface area contributed by atoms with E-state index in [0.717, 1.165) is 12.8 Å². The fraction of sp³-hybridized carbons (Fsp3) is 0.312. The Balaban J connectivity index is 0.00000147. The Morgan fingerprint density at radius 1 is 1.30 bits per heavy atom. The van der Waals surface area contributed by atoms with Crippen molar-refractivity contribution in [1.29, 1.82) is 0 Å². The number of nitrogens with one attached hydrogen (secondary N) is 1. The number of aliphatic carboxylic acids is 1. The van der Waals surface area contributed by atoms with Crippen LogP contribution in [0.15, 0.2) is 36.4 Å². The van der Waals surface area contributed by atoms with E-state index in [9.17, 15) is 9.90 Å². The molecule has 1 heterocycles. The molecule has 0 aromatic heterocycles. The minimum absolute atomic E-state index is 0. The molecule has 106 valence electrons. The molecule has 0 saturated carbocycles. The summed E-state index contributed by atoms with van der Waals surface area (Å²) in [5, 5.41) is 14.9. The Kier molecular flexibility index (Phi) is 4.50. The van der Waals surface area contributed by atoms with Crippen molar-refractivity contribution in [3.05, 3.63) is 46.9 Å². The van der Waals surface area contributed by atoms with Crippen molar-refractivity contribution >= 4 is 30.1 Å². The second-order valence-corrected chi connectivity index (χ2v) is 5.18. The lowest BCUT2D eigenvalue weighted by Crippen LogP contribution is -2.43. The largest absolute Gasteiger partial charge is 0.481 e. The zero-order chi connectivity index (χ0) is 13.2. The van der Waals surface area contributed by atoms with Crippen LogP contribution < -0.4 is 15.8 Å². The first-order valence-electron chi connectivity index (χ1n) is 6.68. The molecule has 0 amide bonds. The third-order valence-corrected chi connectivity index (χ3v) is 3.95. The summed E-state index contributed by atoms with van der Waals surface area (Å²) >= 11 is 0. The Labute approximate surface area is 124 Å². The van der Waals surface area contributed by atoms with Crippen LogP contribution in [0.25, 0.3) is 11.8 Å². The maximum absolute atomic E-state index is 11.2. The highest BCUT2D eigenvalue weighted by molar-refractivity contribution is 5.85. The quantitative estimate of drug-likeness (QED) is 0.819. The molecule has 2 atom stereocenters. The van der Waals surface area contributed by atoms with E-state index in [1.54, 1.807) is 0 Å². The molecule has 2 aliphatic rings. The zero-order valence-corrected chi connectivity index (χ0v) is 11.9. The summed E-state index contributed by atoms with van der Waals surface area (Å²) in [7, 11) is 0. The van der Waals surface area contributed by atoms with Gasteiger partial charge >= 0.3 is 5.97 Å². The van der Waals surface area contributed by atoms with Gasteiger partial charge in [-0.3, -0.25) is 4.79 Å². The van der Waals surface area contributed by atoms with E-state index in [1.165, 1.54) is 16.1 Å². The second kappa shape index (κ2) is 6.14. The van der Waals surface area contributed by atoms with E-state index in [2.05, 4.69) is 35.7 Å². The molecule has 1 aromatic rings. The van der Waals surface area contributed by atoms with Crippen molar-refractivity contribution in [2.24, 2.45) is 11.8 Å². The summed E-state index contributed by atoms with van der Waals surface area (Å²) in [6, 6.07) is 8.28. The smallest absolute Gasteiger partial charge is 0.308 e. The Morgan fingerprint density at radius 3 is 2.90 bits per heavy atom. The molecule has 1 aliphatic heterocycles.